The fourth-order valence-electron chi connectivity index (χ4n) is 2.72. The molecular formula is C14H17N5O2. The zero-order valence-corrected chi connectivity index (χ0v) is 11.8. The quantitative estimate of drug-likeness (QED) is 0.840. The molecule has 2 heterocycles. The van der Waals surface area contributed by atoms with Gasteiger partial charge in [-0.15, -0.1) is 5.10 Å². The Labute approximate surface area is 122 Å². The predicted molar refractivity (Wildman–Crippen MR) is 74.5 cm³/mol. The number of amides is 1. The summed E-state index contributed by atoms with van der Waals surface area (Å²) in [5.74, 6) is 0.865. The molecule has 3 rings (SSSR count). The largest absolute Gasteiger partial charge is 0.497 e. The number of ether oxygens (including phenoxy) is 1. The minimum atomic E-state index is 0.0422. The van der Waals surface area contributed by atoms with Gasteiger partial charge in [-0.2, -0.15) is 0 Å². The van der Waals surface area contributed by atoms with Crippen LogP contribution in [-0.4, -0.2) is 44.7 Å². The summed E-state index contributed by atoms with van der Waals surface area (Å²) < 4.78 is 6.62. The molecule has 7 nitrogen and oxygen atoms in total. The van der Waals surface area contributed by atoms with Crippen molar-refractivity contribution in [1.29, 1.82) is 0 Å². The zero-order valence-electron chi connectivity index (χ0n) is 11.8. The number of hydrogen-bond acceptors (Lipinski definition) is 5. The summed E-state index contributed by atoms with van der Waals surface area (Å²) in [5, 5.41) is 10.8. The summed E-state index contributed by atoms with van der Waals surface area (Å²) in [6.45, 7) is 0.956. The fourth-order valence-corrected chi connectivity index (χ4v) is 2.72. The predicted octanol–water partition coefficient (Wildman–Crippen LogP) is 1.05. The highest BCUT2D eigenvalue weighted by Gasteiger charge is 2.30. The van der Waals surface area contributed by atoms with E-state index in [1.807, 2.05) is 29.2 Å². The summed E-state index contributed by atoms with van der Waals surface area (Å²) in [7, 11) is 1.65. The van der Waals surface area contributed by atoms with Crippen LogP contribution in [0.25, 0.3) is 0 Å². The van der Waals surface area contributed by atoms with E-state index in [-0.39, 0.29) is 18.5 Å². The summed E-state index contributed by atoms with van der Waals surface area (Å²) in [6, 6.07) is 8.02. The molecule has 0 bridgehead atoms. The highest BCUT2D eigenvalue weighted by atomic mass is 16.5. The van der Waals surface area contributed by atoms with Crippen molar-refractivity contribution < 1.29 is 9.53 Å². The molecule has 1 aliphatic rings. The third-order valence-electron chi connectivity index (χ3n) is 3.76. The molecule has 1 aromatic carbocycles. The van der Waals surface area contributed by atoms with Gasteiger partial charge in [0.1, 0.15) is 18.6 Å². The molecule has 1 aliphatic heterocycles. The summed E-state index contributed by atoms with van der Waals surface area (Å²) in [4.78, 5) is 14.3. The van der Waals surface area contributed by atoms with Crippen LogP contribution in [0.1, 0.15) is 24.4 Å². The van der Waals surface area contributed by atoms with E-state index in [2.05, 4.69) is 15.5 Å². The Morgan fingerprint density at radius 3 is 2.86 bits per heavy atom. The SMILES string of the molecule is COc1ccc([C@@H]2CCCN2C(=O)Cn2cnnn2)cc1. The van der Waals surface area contributed by atoms with Crippen LogP contribution < -0.4 is 4.74 Å². The van der Waals surface area contributed by atoms with Crippen molar-refractivity contribution >= 4 is 5.91 Å². The van der Waals surface area contributed by atoms with Crippen LogP contribution in [0.15, 0.2) is 30.6 Å². The normalized spacial score (nSPS) is 18.0. The van der Waals surface area contributed by atoms with Gasteiger partial charge in [-0.1, -0.05) is 12.1 Å². The molecule has 0 spiro atoms. The van der Waals surface area contributed by atoms with Gasteiger partial charge in [0.15, 0.2) is 0 Å². The van der Waals surface area contributed by atoms with E-state index in [0.717, 1.165) is 30.7 Å². The second-order valence-electron chi connectivity index (χ2n) is 5.03. The average molecular weight is 287 g/mol. The average Bonchev–Trinajstić information content (AvgIpc) is 3.18. The Bertz CT molecular complexity index is 596. The van der Waals surface area contributed by atoms with Gasteiger partial charge in [0.25, 0.3) is 0 Å². The lowest BCUT2D eigenvalue weighted by Crippen LogP contribution is -2.33. The molecule has 2 aromatic rings. The molecule has 1 fully saturated rings. The monoisotopic (exact) mass is 287 g/mol. The molecule has 0 N–H and O–H groups in total. The number of methoxy groups -OCH3 is 1. The molecule has 7 heteroatoms. The molecule has 0 unspecified atom stereocenters. The first-order chi connectivity index (χ1) is 10.3. The van der Waals surface area contributed by atoms with Crippen molar-refractivity contribution in [3.8, 4) is 5.75 Å². The van der Waals surface area contributed by atoms with Gasteiger partial charge in [0, 0.05) is 6.54 Å². The van der Waals surface area contributed by atoms with Gasteiger partial charge in [-0.05, 0) is 41.0 Å². The maximum absolute atomic E-state index is 12.4. The van der Waals surface area contributed by atoms with Gasteiger partial charge >= 0.3 is 0 Å². The minimum absolute atomic E-state index is 0.0422. The number of rotatable bonds is 4. The highest BCUT2D eigenvalue weighted by Crippen LogP contribution is 2.32. The summed E-state index contributed by atoms with van der Waals surface area (Å²) in [6.07, 6.45) is 3.45. The molecule has 1 amide bonds. The van der Waals surface area contributed by atoms with Gasteiger partial charge in [-0.25, -0.2) is 4.68 Å². The van der Waals surface area contributed by atoms with Crippen LogP contribution in [0.3, 0.4) is 0 Å². The van der Waals surface area contributed by atoms with Gasteiger partial charge in [0.05, 0.1) is 13.2 Å². The van der Waals surface area contributed by atoms with Crippen molar-refractivity contribution in [2.45, 2.75) is 25.4 Å². The van der Waals surface area contributed by atoms with Gasteiger partial charge in [0.2, 0.25) is 5.91 Å². The van der Waals surface area contributed by atoms with Crippen LogP contribution >= 0.6 is 0 Å². The molecular weight excluding hydrogens is 270 g/mol. The van der Waals surface area contributed by atoms with Crippen molar-refractivity contribution in [2.75, 3.05) is 13.7 Å². The number of carbonyl (C=O) groups is 1. The molecule has 0 saturated carbocycles. The number of hydrogen-bond donors (Lipinski definition) is 0. The van der Waals surface area contributed by atoms with Gasteiger partial charge in [-0.3, -0.25) is 4.79 Å². The van der Waals surface area contributed by atoms with Crippen LogP contribution in [0.5, 0.6) is 5.75 Å². The van der Waals surface area contributed by atoms with Crippen LogP contribution in [0.4, 0.5) is 0 Å². The van der Waals surface area contributed by atoms with E-state index in [0.29, 0.717) is 0 Å². The van der Waals surface area contributed by atoms with E-state index in [4.69, 9.17) is 4.74 Å². The number of carbonyl (C=O) groups excluding carboxylic acids is 1. The summed E-state index contributed by atoms with van der Waals surface area (Å²) >= 11 is 0. The molecule has 110 valence electrons. The molecule has 1 atom stereocenters. The Hall–Kier alpha value is -2.44. The third-order valence-corrected chi connectivity index (χ3v) is 3.76. The Balaban J connectivity index is 1.73. The van der Waals surface area contributed by atoms with E-state index in [1.54, 1.807) is 7.11 Å². The second kappa shape index (κ2) is 5.90. The fraction of sp³-hybridized carbons (Fsp3) is 0.429. The molecule has 1 saturated heterocycles. The van der Waals surface area contributed by atoms with Crippen LogP contribution in [0.2, 0.25) is 0 Å². The van der Waals surface area contributed by atoms with Crippen LogP contribution in [0, 0.1) is 0 Å². The second-order valence-corrected chi connectivity index (χ2v) is 5.03. The third kappa shape index (κ3) is 2.86. The number of nitrogens with zero attached hydrogens (tertiary/aromatic N) is 5. The summed E-state index contributed by atoms with van der Waals surface area (Å²) in [5.41, 5.74) is 1.14. The topological polar surface area (TPSA) is 73.1 Å². The van der Waals surface area contributed by atoms with Crippen molar-refractivity contribution in [2.24, 2.45) is 0 Å². The lowest BCUT2D eigenvalue weighted by atomic mass is 10.0. The molecule has 0 radical (unpaired) electrons. The molecule has 21 heavy (non-hydrogen) atoms. The van der Waals surface area contributed by atoms with Crippen LogP contribution in [-0.2, 0) is 11.3 Å². The smallest absolute Gasteiger partial charge is 0.244 e. The molecule has 1 aromatic heterocycles. The lowest BCUT2D eigenvalue weighted by molar-refractivity contribution is -0.133. The number of benzene rings is 1. The Morgan fingerprint density at radius 2 is 2.19 bits per heavy atom. The maximum atomic E-state index is 12.4. The van der Waals surface area contributed by atoms with E-state index in [9.17, 15) is 4.79 Å². The highest BCUT2D eigenvalue weighted by molar-refractivity contribution is 5.76. The van der Waals surface area contributed by atoms with Gasteiger partial charge < -0.3 is 9.64 Å². The first-order valence-corrected chi connectivity index (χ1v) is 6.92. The zero-order chi connectivity index (χ0) is 14.7. The van der Waals surface area contributed by atoms with Crippen molar-refractivity contribution in [3.63, 3.8) is 0 Å². The lowest BCUT2D eigenvalue weighted by Gasteiger charge is -2.25. The Kier molecular flexibility index (Phi) is 3.81. The first kappa shape index (κ1) is 13.5. The maximum Gasteiger partial charge on any atom is 0.244 e. The number of likely N-dealkylation sites (tertiary alicyclic amines) is 1. The minimum Gasteiger partial charge on any atom is -0.497 e. The van der Waals surface area contributed by atoms with Crippen molar-refractivity contribution in [3.05, 3.63) is 36.2 Å². The Morgan fingerprint density at radius 1 is 1.38 bits per heavy atom. The van der Waals surface area contributed by atoms with Crippen molar-refractivity contribution in [1.82, 2.24) is 25.1 Å². The molecule has 0 aliphatic carbocycles. The first-order valence-electron chi connectivity index (χ1n) is 6.92. The number of tetrazole rings is 1. The number of aromatic nitrogens is 4. The van der Waals surface area contributed by atoms with E-state index >= 15 is 0 Å². The van der Waals surface area contributed by atoms with E-state index < -0.39 is 0 Å². The van der Waals surface area contributed by atoms with E-state index in [1.165, 1.54) is 11.0 Å². The standard InChI is InChI=1S/C14H17N5O2/c1-21-12-6-4-11(5-7-12)13-3-2-8-19(13)14(20)9-18-10-15-16-17-18/h4-7,10,13H,2-3,8-9H2,1H3/t13-/m0/s1.